The van der Waals surface area contributed by atoms with Gasteiger partial charge in [0.1, 0.15) is 0 Å². The molecule has 0 unspecified atom stereocenters. The topological polar surface area (TPSA) is 86.8 Å². The molecule has 8 heteroatoms. The maximum absolute atomic E-state index is 13.1. The number of esters is 1. The first kappa shape index (κ1) is 23.7. The number of hydrogen-bond donors (Lipinski definition) is 2. The molecule has 2 aromatic carbocycles. The highest BCUT2D eigenvalue weighted by molar-refractivity contribution is 6.37. The number of piperazine rings is 1. The van der Waals surface area contributed by atoms with Crippen LogP contribution in [-0.4, -0.2) is 67.0 Å². The average Bonchev–Trinajstić information content (AvgIpc) is 3.24. The molecule has 0 saturated carbocycles. The number of carbonyl (C=O) groups excluding carboxylic acids is 2. The van der Waals surface area contributed by atoms with Gasteiger partial charge in [-0.05, 0) is 49.0 Å². The third-order valence-corrected chi connectivity index (χ3v) is 6.61. The molecule has 3 heterocycles. The lowest BCUT2D eigenvalue weighted by Gasteiger charge is -2.32. The van der Waals surface area contributed by atoms with Gasteiger partial charge in [-0.25, -0.2) is 4.79 Å². The van der Waals surface area contributed by atoms with Crippen molar-refractivity contribution in [3.63, 3.8) is 0 Å². The van der Waals surface area contributed by atoms with Crippen LogP contribution in [-0.2, 0) is 16.1 Å². The number of carbonyl (C=O) groups is 2. The number of fused-ring (bicyclic) bond motifs is 1. The normalized spacial score (nSPS) is 17.3. The third-order valence-electron chi connectivity index (χ3n) is 6.61. The Hall–Kier alpha value is -4.01. The molecule has 2 N–H and O–H groups in total. The second-order valence-corrected chi connectivity index (χ2v) is 9.10. The molecule has 3 aromatic rings. The molecule has 0 spiro atoms. The molecule has 0 atom stereocenters. The smallest absolute Gasteiger partial charge is 0.337 e. The van der Waals surface area contributed by atoms with E-state index in [1.54, 1.807) is 30.6 Å². The molecule has 2 aliphatic rings. The minimum absolute atomic E-state index is 0.245. The number of nitrogens with one attached hydrogen (secondary N) is 2. The van der Waals surface area contributed by atoms with Gasteiger partial charge in [-0.3, -0.25) is 14.7 Å². The quantitative estimate of drug-likeness (QED) is 0.410. The van der Waals surface area contributed by atoms with Crippen molar-refractivity contribution in [3.05, 3.63) is 89.2 Å². The lowest BCUT2D eigenvalue weighted by Crippen LogP contribution is -2.43. The molecule has 184 valence electrons. The Labute approximate surface area is 210 Å². The van der Waals surface area contributed by atoms with E-state index in [0.717, 1.165) is 44.0 Å². The largest absolute Gasteiger partial charge is 0.465 e. The first-order valence-electron chi connectivity index (χ1n) is 12.0. The predicted octanol–water partition coefficient (Wildman–Crippen LogP) is 3.55. The highest BCUT2D eigenvalue weighted by Crippen LogP contribution is 2.38. The van der Waals surface area contributed by atoms with Crippen molar-refractivity contribution in [3.8, 4) is 0 Å². The van der Waals surface area contributed by atoms with Crippen molar-refractivity contribution < 1.29 is 14.3 Å². The summed E-state index contributed by atoms with van der Waals surface area (Å²) >= 11 is 0. The van der Waals surface area contributed by atoms with Crippen LogP contribution >= 0.6 is 0 Å². The van der Waals surface area contributed by atoms with E-state index in [9.17, 15) is 9.59 Å². The van der Waals surface area contributed by atoms with Gasteiger partial charge in [0.15, 0.2) is 0 Å². The van der Waals surface area contributed by atoms with Crippen LogP contribution in [0.2, 0.25) is 0 Å². The van der Waals surface area contributed by atoms with Crippen LogP contribution < -0.4 is 10.6 Å². The number of hydrogen-bond acceptors (Lipinski definition) is 7. The summed E-state index contributed by atoms with van der Waals surface area (Å²) in [5.41, 5.74) is 5.72. The molecule has 1 saturated heterocycles. The van der Waals surface area contributed by atoms with E-state index in [1.165, 1.54) is 12.7 Å². The van der Waals surface area contributed by atoms with Crippen LogP contribution in [0.25, 0.3) is 11.3 Å². The zero-order valence-electron chi connectivity index (χ0n) is 20.5. The fourth-order valence-electron chi connectivity index (χ4n) is 4.56. The summed E-state index contributed by atoms with van der Waals surface area (Å²) < 4.78 is 4.82. The maximum Gasteiger partial charge on any atom is 0.337 e. The molecule has 2 aliphatic heterocycles. The summed E-state index contributed by atoms with van der Waals surface area (Å²) in [6.45, 7) is 5.24. The average molecular weight is 484 g/mol. The van der Waals surface area contributed by atoms with Crippen LogP contribution in [0, 0.1) is 0 Å². The second kappa shape index (κ2) is 10.3. The summed E-state index contributed by atoms with van der Waals surface area (Å²) in [5.74, 6) is -0.697. The number of pyridine rings is 1. The second-order valence-electron chi connectivity index (χ2n) is 9.10. The number of likely N-dealkylation sites (N-methyl/N-ethyl adjacent to an activating group) is 1. The Morgan fingerprint density at radius 3 is 2.53 bits per heavy atom. The molecule has 36 heavy (non-hydrogen) atoms. The van der Waals surface area contributed by atoms with Crippen molar-refractivity contribution >= 4 is 34.5 Å². The number of methoxy groups -OCH3 is 1. The SMILES string of the molecule is COC(=O)c1ccc2c(c1)NC(=O)/C2=C(\Nc1ccc(CN2CCN(C)CC2)cc1)c1cccnc1. The minimum atomic E-state index is -0.452. The zero-order valence-corrected chi connectivity index (χ0v) is 20.5. The first-order valence-corrected chi connectivity index (χ1v) is 12.0. The van der Waals surface area contributed by atoms with E-state index in [4.69, 9.17) is 4.74 Å². The fourth-order valence-corrected chi connectivity index (χ4v) is 4.56. The lowest BCUT2D eigenvalue weighted by molar-refractivity contribution is -0.110. The molecule has 8 nitrogen and oxygen atoms in total. The molecule has 0 bridgehead atoms. The monoisotopic (exact) mass is 483 g/mol. The van der Waals surface area contributed by atoms with Gasteiger partial charge >= 0.3 is 5.97 Å². The van der Waals surface area contributed by atoms with Crippen LogP contribution in [0.3, 0.4) is 0 Å². The molecule has 1 fully saturated rings. The molecular formula is C28H29N5O3. The van der Waals surface area contributed by atoms with Gasteiger partial charge < -0.3 is 20.3 Å². The number of ether oxygens (including phenoxy) is 1. The van der Waals surface area contributed by atoms with Crippen LogP contribution in [0.1, 0.15) is 27.0 Å². The maximum atomic E-state index is 13.1. The van der Waals surface area contributed by atoms with E-state index >= 15 is 0 Å². The van der Waals surface area contributed by atoms with E-state index in [2.05, 4.69) is 44.6 Å². The molecule has 0 radical (unpaired) electrons. The van der Waals surface area contributed by atoms with Crippen molar-refractivity contribution in [2.75, 3.05) is 51.0 Å². The standard InChI is InChI=1S/C28H29N5O3/c1-32-12-14-33(15-13-32)18-19-5-8-22(9-6-19)30-26(21-4-3-11-29-17-21)25-23-10-7-20(28(35)36-2)16-24(23)31-27(25)34/h3-11,16-17,30H,12-15,18H2,1-2H3,(H,31,34)/b26-25-. The summed E-state index contributed by atoms with van der Waals surface area (Å²) in [7, 11) is 3.49. The van der Waals surface area contributed by atoms with Gasteiger partial charge in [-0.15, -0.1) is 0 Å². The van der Waals surface area contributed by atoms with Crippen LogP contribution in [0.4, 0.5) is 11.4 Å². The number of benzene rings is 2. The van der Waals surface area contributed by atoms with Crippen molar-refractivity contribution in [1.29, 1.82) is 0 Å². The molecule has 1 aromatic heterocycles. The van der Waals surface area contributed by atoms with Gasteiger partial charge in [0.25, 0.3) is 5.91 Å². The third kappa shape index (κ3) is 5.00. The van der Waals surface area contributed by atoms with Crippen LogP contribution in [0.5, 0.6) is 0 Å². The summed E-state index contributed by atoms with van der Waals surface area (Å²) in [6, 6.07) is 17.1. The highest BCUT2D eigenvalue weighted by atomic mass is 16.5. The van der Waals surface area contributed by atoms with Gasteiger partial charge in [0.05, 0.1) is 29.6 Å². The molecule has 0 aliphatic carbocycles. The van der Waals surface area contributed by atoms with E-state index < -0.39 is 5.97 Å². The molecular weight excluding hydrogens is 454 g/mol. The van der Waals surface area contributed by atoms with Crippen LogP contribution in [0.15, 0.2) is 67.0 Å². The Morgan fingerprint density at radius 2 is 1.83 bits per heavy atom. The lowest BCUT2D eigenvalue weighted by atomic mass is 9.99. The number of nitrogens with zero attached hydrogens (tertiary/aromatic N) is 3. The summed E-state index contributed by atoms with van der Waals surface area (Å²) in [4.78, 5) is 34.2. The van der Waals surface area contributed by atoms with Crippen molar-refractivity contribution in [1.82, 2.24) is 14.8 Å². The number of rotatable bonds is 6. The van der Waals surface area contributed by atoms with Crippen molar-refractivity contribution in [2.45, 2.75) is 6.54 Å². The Balaban J connectivity index is 1.45. The predicted molar refractivity (Wildman–Crippen MR) is 140 cm³/mol. The van der Waals surface area contributed by atoms with E-state index in [-0.39, 0.29) is 5.91 Å². The molecule has 1 amide bonds. The minimum Gasteiger partial charge on any atom is -0.465 e. The van der Waals surface area contributed by atoms with Gasteiger partial charge in [0.2, 0.25) is 0 Å². The molecule has 5 rings (SSSR count). The number of anilines is 2. The Bertz CT molecular complexity index is 1300. The van der Waals surface area contributed by atoms with Gasteiger partial charge in [-0.1, -0.05) is 18.2 Å². The Kier molecular flexibility index (Phi) is 6.79. The summed E-state index contributed by atoms with van der Waals surface area (Å²) in [5, 5.41) is 6.35. The highest BCUT2D eigenvalue weighted by Gasteiger charge is 2.29. The van der Waals surface area contributed by atoms with Gasteiger partial charge in [0, 0.05) is 61.9 Å². The van der Waals surface area contributed by atoms with E-state index in [1.807, 2.05) is 24.3 Å². The summed E-state index contributed by atoms with van der Waals surface area (Å²) in [6.07, 6.45) is 3.43. The Morgan fingerprint density at radius 1 is 1.06 bits per heavy atom. The number of amides is 1. The first-order chi connectivity index (χ1) is 17.5. The van der Waals surface area contributed by atoms with Gasteiger partial charge in [-0.2, -0.15) is 0 Å². The fraction of sp³-hybridized carbons (Fsp3) is 0.250. The number of aromatic nitrogens is 1. The van der Waals surface area contributed by atoms with Crippen molar-refractivity contribution in [2.24, 2.45) is 0 Å². The van der Waals surface area contributed by atoms with E-state index in [0.29, 0.717) is 28.1 Å². The zero-order chi connectivity index (χ0) is 25.1.